The van der Waals surface area contributed by atoms with Crippen molar-refractivity contribution in [3.8, 4) is 12.3 Å². The Morgan fingerprint density at radius 3 is 2.78 bits per heavy atom. The van der Waals surface area contributed by atoms with Gasteiger partial charge in [-0.05, 0) is 18.8 Å². The largest absolute Gasteiger partial charge is 0.480 e. The SMILES string of the molecule is C#CCC(CC)NC(=O)N1CCC(C)C1C(=O)O. The van der Waals surface area contributed by atoms with Crippen LogP contribution in [0.25, 0.3) is 0 Å². The van der Waals surface area contributed by atoms with Crippen molar-refractivity contribution in [3.05, 3.63) is 0 Å². The van der Waals surface area contributed by atoms with Gasteiger partial charge in [0.15, 0.2) is 0 Å². The lowest BCUT2D eigenvalue weighted by Gasteiger charge is -2.26. The fourth-order valence-corrected chi connectivity index (χ4v) is 2.25. The second-order valence-corrected chi connectivity index (χ2v) is 4.71. The quantitative estimate of drug-likeness (QED) is 0.741. The van der Waals surface area contributed by atoms with E-state index < -0.39 is 12.0 Å². The molecule has 0 aliphatic carbocycles. The van der Waals surface area contributed by atoms with Crippen molar-refractivity contribution >= 4 is 12.0 Å². The molecule has 0 aromatic heterocycles. The van der Waals surface area contributed by atoms with Crippen LogP contribution in [0.1, 0.15) is 33.1 Å². The third-order valence-corrected chi connectivity index (χ3v) is 3.40. The Kier molecular flexibility index (Phi) is 5.02. The lowest BCUT2D eigenvalue weighted by Crippen LogP contribution is -2.50. The summed E-state index contributed by atoms with van der Waals surface area (Å²) in [6, 6.07) is -1.14. The third-order valence-electron chi connectivity index (χ3n) is 3.40. The van der Waals surface area contributed by atoms with Gasteiger partial charge in [-0.2, -0.15) is 0 Å². The molecule has 18 heavy (non-hydrogen) atoms. The Hall–Kier alpha value is -1.70. The average molecular weight is 252 g/mol. The number of amides is 2. The molecule has 1 heterocycles. The Bertz CT molecular complexity index is 362. The van der Waals surface area contributed by atoms with Gasteiger partial charge >= 0.3 is 12.0 Å². The van der Waals surface area contributed by atoms with Crippen LogP contribution < -0.4 is 5.32 Å². The number of aliphatic carboxylic acids is 1. The highest BCUT2D eigenvalue weighted by atomic mass is 16.4. The zero-order valence-electron chi connectivity index (χ0n) is 10.8. The molecule has 1 fully saturated rings. The van der Waals surface area contributed by atoms with E-state index >= 15 is 0 Å². The summed E-state index contributed by atoms with van der Waals surface area (Å²) < 4.78 is 0. The molecule has 1 aliphatic rings. The smallest absolute Gasteiger partial charge is 0.326 e. The van der Waals surface area contributed by atoms with E-state index in [1.54, 1.807) is 0 Å². The molecule has 2 N–H and O–H groups in total. The first kappa shape index (κ1) is 14.4. The molecule has 0 aromatic carbocycles. The normalized spacial score (nSPS) is 24.4. The van der Waals surface area contributed by atoms with Crippen LogP contribution in [0, 0.1) is 18.3 Å². The number of urea groups is 1. The van der Waals surface area contributed by atoms with Crippen LogP contribution in [-0.2, 0) is 4.79 Å². The summed E-state index contributed by atoms with van der Waals surface area (Å²) in [5.74, 6) is 1.55. The molecular weight excluding hydrogens is 232 g/mol. The topological polar surface area (TPSA) is 69.6 Å². The van der Waals surface area contributed by atoms with E-state index in [4.69, 9.17) is 11.5 Å². The van der Waals surface area contributed by atoms with Crippen molar-refractivity contribution < 1.29 is 14.7 Å². The van der Waals surface area contributed by atoms with E-state index in [1.807, 2.05) is 13.8 Å². The summed E-state index contributed by atoms with van der Waals surface area (Å²) in [6.45, 7) is 4.27. The molecule has 1 rings (SSSR count). The first-order valence-corrected chi connectivity index (χ1v) is 6.24. The monoisotopic (exact) mass is 252 g/mol. The first-order valence-electron chi connectivity index (χ1n) is 6.24. The van der Waals surface area contributed by atoms with E-state index in [-0.39, 0.29) is 18.0 Å². The number of nitrogens with one attached hydrogen (secondary N) is 1. The Morgan fingerprint density at radius 1 is 1.61 bits per heavy atom. The van der Waals surface area contributed by atoms with Crippen LogP contribution in [0.3, 0.4) is 0 Å². The third kappa shape index (κ3) is 3.16. The van der Waals surface area contributed by atoms with Gasteiger partial charge in [0.25, 0.3) is 0 Å². The second-order valence-electron chi connectivity index (χ2n) is 4.71. The number of carbonyl (C=O) groups is 2. The van der Waals surface area contributed by atoms with E-state index in [0.29, 0.717) is 13.0 Å². The van der Waals surface area contributed by atoms with Crippen molar-refractivity contribution in [2.24, 2.45) is 5.92 Å². The lowest BCUT2D eigenvalue weighted by molar-refractivity contribution is -0.142. The molecule has 5 heteroatoms. The number of hydrogen-bond acceptors (Lipinski definition) is 2. The van der Waals surface area contributed by atoms with Crippen LogP contribution in [0.5, 0.6) is 0 Å². The summed E-state index contributed by atoms with van der Waals surface area (Å²) in [7, 11) is 0. The van der Waals surface area contributed by atoms with Crippen molar-refractivity contribution in [2.45, 2.75) is 45.2 Å². The van der Waals surface area contributed by atoms with Gasteiger partial charge < -0.3 is 15.3 Å². The number of carboxylic acid groups (broad SMARTS) is 1. The average Bonchev–Trinajstić information content (AvgIpc) is 2.70. The van der Waals surface area contributed by atoms with Crippen molar-refractivity contribution in [1.29, 1.82) is 0 Å². The number of likely N-dealkylation sites (tertiary alicyclic amines) is 1. The number of carboxylic acids is 1. The van der Waals surface area contributed by atoms with E-state index in [1.165, 1.54) is 4.90 Å². The minimum atomic E-state index is -0.944. The molecule has 3 unspecified atom stereocenters. The summed E-state index contributed by atoms with van der Waals surface area (Å²) in [4.78, 5) is 24.6. The molecule has 2 amide bonds. The molecule has 0 spiro atoms. The molecular formula is C13H20N2O3. The predicted molar refractivity (Wildman–Crippen MR) is 68.0 cm³/mol. The fourth-order valence-electron chi connectivity index (χ4n) is 2.25. The van der Waals surface area contributed by atoms with Crippen LogP contribution in [-0.4, -0.2) is 40.6 Å². The highest BCUT2D eigenvalue weighted by molar-refractivity contribution is 5.83. The minimum absolute atomic E-state index is 0.0130. The van der Waals surface area contributed by atoms with Crippen molar-refractivity contribution in [1.82, 2.24) is 10.2 Å². The molecule has 0 bridgehead atoms. The van der Waals surface area contributed by atoms with Gasteiger partial charge in [0.1, 0.15) is 6.04 Å². The van der Waals surface area contributed by atoms with Crippen LogP contribution in [0.4, 0.5) is 4.79 Å². The fraction of sp³-hybridized carbons (Fsp3) is 0.692. The summed E-state index contributed by atoms with van der Waals surface area (Å²) >= 11 is 0. The molecule has 0 aromatic rings. The van der Waals surface area contributed by atoms with Gasteiger partial charge in [0, 0.05) is 19.0 Å². The van der Waals surface area contributed by atoms with Crippen LogP contribution in [0.2, 0.25) is 0 Å². The number of hydrogen-bond donors (Lipinski definition) is 2. The van der Waals surface area contributed by atoms with E-state index in [0.717, 1.165) is 12.8 Å². The second kappa shape index (κ2) is 6.29. The highest BCUT2D eigenvalue weighted by Gasteiger charge is 2.39. The highest BCUT2D eigenvalue weighted by Crippen LogP contribution is 2.24. The summed E-state index contributed by atoms with van der Waals surface area (Å²) in [6.07, 6.45) is 7.14. The summed E-state index contributed by atoms with van der Waals surface area (Å²) in [5.41, 5.74) is 0. The van der Waals surface area contributed by atoms with Crippen molar-refractivity contribution in [3.63, 3.8) is 0 Å². The van der Waals surface area contributed by atoms with Gasteiger partial charge in [0.2, 0.25) is 0 Å². The number of terminal acetylenes is 1. The van der Waals surface area contributed by atoms with Crippen LogP contribution >= 0.6 is 0 Å². The zero-order valence-corrected chi connectivity index (χ0v) is 10.8. The Labute approximate surface area is 108 Å². The van der Waals surface area contributed by atoms with Crippen LogP contribution in [0.15, 0.2) is 0 Å². The van der Waals surface area contributed by atoms with Gasteiger partial charge in [-0.15, -0.1) is 12.3 Å². The van der Waals surface area contributed by atoms with Gasteiger partial charge in [-0.25, -0.2) is 9.59 Å². The first-order chi connectivity index (χ1) is 8.51. The molecule has 1 aliphatic heterocycles. The molecule has 0 saturated carbocycles. The molecule has 5 nitrogen and oxygen atoms in total. The number of rotatable bonds is 4. The van der Waals surface area contributed by atoms with E-state index in [2.05, 4.69) is 11.2 Å². The maximum Gasteiger partial charge on any atom is 0.326 e. The molecule has 3 atom stereocenters. The maximum atomic E-state index is 12.0. The van der Waals surface area contributed by atoms with Gasteiger partial charge in [0.05, 0.1) is 0 Å². The Balaban J connectivity index is 2.66. The van der Waals surface area contributed by atoms with Gasteiger partial charge in [-0.1, -0.05) is 13.8 Å². The standard InChI is InChI=1S/C13H20N2O3/c1-4-6-10(5-2)14-13(18)15-8-7-9(3)11(15)12(16)17/h1,9-11H,5-8H2,2-3H3,(H,14,18)(H,16,17). The number of nitrogens with zero attached hydrogens (tertiary/aromatic N) is 1. The molecule has 100 valence electrons. The minimum Gasteiger partial charge on any atom is -0.480 e. The van der Waals surface area contributed by atoms with E-state index in [9.17, 15) is 9.59 Å². The molecule has 1 saturated heterocycles. The lowest BCUT2D eigenvalue weighted by atomic mass is 10.0. The summed E-state index contributed by atoms with van der Waals surface area (Å²) in [5, 5.41) is 11.9. The predicted octanol–water partition coefficient (Wildman–Crippen LogP) is 1.29. The number of carbonyl (C=O) groups excluding carboxylic acids is 1. The molecule has 0 radical (unpaired) electrons. The Morgan fingerprint density at radius 2 is 2.28 bits per heavy atom. The van der Waals surface area contributed by atoms with Crippen molar-refractivity contribution in [2.75, 3.05) is 6.54 Å². The van der Waals surface area contributed by atoms with Gasteiger partial charge in [-0.3, -0.25) is 0 Å². The zero-order chi connectivity index (χ0) is 13.7. The maximum absolute atomic E-state index is 12.0.